The fraction of sp³-hybridized carbons (Fsp3) is 0.154. The van der Waals surface area contributed by atoms with Crippen LogP contribution in [-0.4, -0.2) is 4.57 Å². The third-order valence-corrected chi connectivity index (χ3v) is 5.66. The van der Waals surface area contributed by atoms with Gasteiger partial charge in [-0.05, 0) is 23.2 Å². The molecular formula is C26H25Cl2NTi. The van der Waals surface area contributed by atoms with Gasteiger partial charge in [-0.15, -0.1) is 41.1 Å². The van der Waals surface area contributed by atoms with Crippen molar-refractivity contribution in [3.8, 4) is 5.69 Å². The monoisotopic (exact) mass is 469 g/mol. The molecule has 1 heterocycles. The Bertz CT molecular complexity index is 1170. The largest absolute Gasteiger partial charge is 4.00 e. The number of para-hydroxylation sites is 1. The van der Waals surface area contributed by atoms with E-state index in [2.05, 4.69) is 111 Å². The Labute approximate surface area is 206 Å². The van der Waals surface area contributed by atoms with E-state index in [1.54, 1.807) is 0 Å². The smallest absolute Gasteiger partial charge is 1.00 e. The summed E-state index contributed by atoms with van der Waals surface area (Å²) in [5.41, 5.74) is 8.24. The molecule has 0 unspecified atom stereocenters. The predicted octanol–water partition coefficient (Wildman–Crippen LogP) is 1.15. The van der Waals surface area contributed by atoms with Crippen LogP contribution in [-0.2, 0) is 21.7 Å². The maximum Gasteiger partial charge on any atom is 4.00 e. The summed E-state index contributed by atoms with van der Waals surface area (Å²) in [6.07, 6.45) is 2.14. The molecule has 0 aliphatic heterocycles. The number of hydrogen-bond donors (Lipinski definition) is 0. The number of nitrogens with zero attached hydrogens (tertiary/aromatic N) is 1. The van der Waals surface area contributed by atoms with Crippen LogP contribution in [0.3, 0.4) is 0 Å². The van der Waals surface area contributed by atoms with Crippen molar-refractivity contribution < 1.29 is 46.5 Å². The zero-order valence-electron chi connectivity index (χ0n) is 17.7. The molecule has 30 heavy (non-hydrogen) atoms. The van der Waals surface area contributed by atoms with Gasteiger partial charge in [0.1, 0.15) is 0 Å². The third kappa shape index (κ3) is 5.10. The third-order valence-electron chi connectivity index (χ3n) is 5.66. The van der Waals surface area contributed by atoms with Gasteiger partial charge in [0.2, 0.25) is 0 Å². The van der Waals surface area contributed by atoms with E-state index in [1.807, 2.05) is 0 Å². The molecule has 152 valence electrons. The molecule has 0 saturated carbocycles. The summed E-state index contributed by atoms with van der Waals surface area (Å²) in [7, 11) is 0. The van der Waals surface area contributed by atoms with Gasteiger partial charge in [-0.1, -0.05) is 52.0 Å². The SMILES string of the molecule is Cc1c[c-](C)c(C)c1C.[Cl-].[Cl-].[Ti+4].c1ccc2[cH-]c(-n3ccc4ccccc43)cc2c1. The molecule has 0 bridgehead atoms. The predicted molar refractivity (Wildman–Crippen MR) is 117 cm³/mol. The molecule has 0 N–H and O–H groups in total. The van der Waals surface area contributed by atoms with E-state index in [-0.39, 0.29) is 46.5 Å². The summed E-state index contributed by atoms with van der Waals surface area (Å²) in [6, 6.07) is 25.8. The molecular weight excluding hydrogens is 445 g/mol. The van der Waals surface area contributed by atoms with Crippen LogP contribution in [0.25, 0.3) is 27.4 Å². The summed E-state index contributed by atoms with van der Waals surface area (Å²) in [5.74, 6) is 0. The Balaban J connectivity index is 0.000000327. The van der Waals surface area contributed by atoms with Gasteiger partial charge in [-0.2, -0.15) is 28.3 Å². The van der Waals surface area contributed by atoms with Crippen LogP contribution in [0.4, 0.5) is 0 Å². The molecule has 0 aliphatic carbocycles. The molecule has 0 saturated heterocycles. The molecule has 5 rings (SSSR count). The molecule has 1 aromatic heterocycles. The van der Waals surface area contributed by atoms with Crippen LogP contribution < -0.4 is 24.8 Å². The van der Waals surface area contributed by atoms with Crippen LogP contribution >= 0.6 is 0 Å². The Hall–Kier alpha value is -1.77. The van der Waals surface area contributed by atoms with Crippen LogP contribution in [0.2, 0.25) is 0 Å². The zero-order valence-corrected chi connectivity index (χ0v) is 20.8. The van der Waals surface area contributed by atoms with Crippen molar-refractivity contribution in [3.63, 3.8) is 0 Å². The van der Waals surface area contributed by atoms with Crippen molar-refractivity contribution in [3.05, 3.63) is 101 Å². The van der Waals surface area contributed by atoms with Gasteiger partial charge in [0.05, 0.1) is 5.52 Å². The number of halogens is 2. The van der Waals surface area contributed by atoms with Gasteiger partial charge >= 0.3 is 21.7 Å². The fourth-order valence-electron chi connectivity index (χ4n) is 3.71. The van der Waals surface area contributed by atoms with E-state index in [1.165, 1.54) is 49.6 Å². The van der Waals surface area contributed by atoms with Gasteiger partial charge in [-0.3, -0.25) is 0 Å². The molecule has 0 atom stereocenters. The minimum absolute atomic E-state index is 0. The van der Waals surface area contributed by atoms with E-state index in [0.717, 1.165) is 0 Å². The Kier molecular flexibility index (Phi) is 9.65. The number of fused-ring (bicyclic) bond motifs is 2. The minimum atomic E-state index is 0. The van der Waals surface area contributed by atoms with Crippen molar-refractivity contribution in [2.75, 3.05) is 0 Å². The number of benzene rings is 2. The topological polar surface area (TPSA) is 4.93 Å². The number of rotatable bonds is 1. The van der Waals surface area contributed by atoms with Crippen LogP contribution in [0.1, 0.15) is 22.3 Å². The fourth-order valence-corrected chi connectivity index (χ4v) is 3.71. The Morgan fingerprint density at radius 3 is 2.03 bits per heavy atom. The maximum absolute atomic E-state index is 2.25. The van der Waals surface area contributed by atoms with Crippen molar-refractivity contribution >= 4 is 21.7 Å². The van der Waals surface area contributed by atoms with Gasteiger partial charge in [0.25, 0.3) is 0 Å². The van der Waals surface area contributed by atoms with Gasteiger partial charge in [0, 0.05) is 6.20 Å². The second-order valence-electron chi connectivity index (χ2n) is 7.35. The summed E-state index contributed by atoms with van der Waals surface area (Å²) in [4.78, 5) is 0. The van der Waals surface area contributed by atoms with E-state index in [4.69, 9.17) is 0 Å². The second-order valence-corrected chi connectivity index (χ2v) is 7.35. The van der Waals surface area contributed by atoms with Gasteiger partial charge in [0.15, 0.2) is 0 Å². The average Bonchev–Trinajstić information content (AvgIpc) is 3.35. The summed E-state index contributed by atoms with van der Waals surface area (Å²) < 4.78 is 2.25. The van der Waals surface area contributed by atoms with Crippen molar-refractivity contribution in [2.45, 2.75) is 27.7 Å². The number of aromatic nitrogens is 1. The van der Waals surface area contributed by atoms with E-state index >= 15 is 0 Å². The normalized spacial score (nSPS) is 9.87. The zero-order chi connectivity index (χ0) is 19.0. The van der Waals surface area contributed by atoms with Crippen LogP contribution in [0, 0.1) is 27.7 Å². The summed E-state index contributed by atoms with van der Waals surface area (Å²) in [6.45, 7) is 8.68. The molecule has 5 aromatic rings. The quantitative estimate of drug-likeness (QED) is 0.256. The summed E-state index contributed by atoms with van der Waals surface area (Å²) >= 11 is 0. The van der Waals surface area contributed by atoms with E-state index < -0.39 is 0 Å². The molecule has 0 fully saturated rings. The van der Waals surface area contributed by atoms with Crippen LogP contribution in [0.15, 0.2) is 79.0 Å². The van der Waals surface area contributed by atoms with E-state index in [9.17, 15) is 0 Å². The summed E-state index contributed by atoms with van der Waals surface area (Å²) in [5, 5.41) is 3.87. The first-order chi connectivity index (χ1) is 13.0. The minimum Gasteiger partial charge on any atom is -1.00 e. The van der Waals surface area contributed by atoms with Gasteiger partial charge in [-0.25, -0.2) is 0 Å². The molecule has 0 spiro atoms. The standard InChI is InChI=1S/C17H12N.C9H13.2ClH.Ti/c1-2-7-15-12-16(11-14(15)6-1)18-10-9-13-5-3-4-8-17(13)18;1-6-5-7(2)9(4)8(6)3;;;/h1-12H;5H,1-4H3;2*1H;/q2*-1;;;+4/p-2. The van der Waals surface area contributed by atoms with Crippen molar-refractivity contribution in [1.82, 2.24) is 4.57 Å². The Morgan fingerprint density at radius 2 is 1.47 bits per heavy atom. The molecule has 0 amide bonds. The van der Waals surface area contributed by atoms with Crippen molar-refractivity contribution in [1.29, 1.82) is 0 Å². The molecule has 0 radical (unpaired) electrons. The molecule has 0 aliphatic rings. The Morgan fingerprint density at radius 1 is 0.833 bits per heavy atom. The first-order valence-electron chi connectivity index (χ1n) is 9.46. The first-order valence-corrected chi connectivity index (χ1v) is 9.46. The first kappa shape index (κ1) is 26.3. The van der Waals surface area contributed by atoms with E-state index in [0.29, 0.717) is 0 Å². The number of hydrogen-bond acceptors (Lipinski definition) is 0. The van der Waals surface area contributed by atoms with Gasteiger partial charge < -0.3 is 29.4 Å². The molecule has 4 aromatic carbocycles. The maximum atomic E-state index is 2.25. The average molecular weight is 470 g/mol. The second kappa shape index (κ2) is 11.0. The number of aryl methyl sites for hydroxylation is 2. The van der Waals surface area contributed by atoms with Crippen molar-refractivity contribution in [2.24, 2.45) is 0 Å². The van der Waals surface area contributed by atoms with Crippen LogP contribution in [0.5, 0.6) is 0 Å². The molecule has 1 nitrogen and oxygen atoms in total. The molecule has 4 heteroatoms.